The van der Waals surface area contributed by atoms with Gasteiger partial charge in [0.2, 0.25) is 5.82 Å². The zero-order chi connectivity index (χ0) is 23.6. The first-order chi connectivity index (χ1) is 15.9. The number of hydrogen-bond donors (Lipinski definition) is 5. The normalized spacial score (nSPS) is 10.7. The van der Waals surface area contributed by atoms with Crippen LogP contribution in [0.15, 0.2) is 36.7 Å². The Bertz CT molecular complexity index is 1130. The predicted molar refractivity (Wildman–Crippen MR) is 128 cm³/mol. The highest BCUT2D eigenvalue weighted by Crippen LogP contribution is 2.22. The van der Waals surface area contributed by atoms with E-state index in [-0.39, 0.29) is 24.5 Å². The number of para-hydroxylation sites is 1. The molecule has 2 aromatic heterocycles. The SMILES string of the molecule is O=C(O)CCNC(=S)NCCCNc1nc(CCc2c[nH]c3ccccc23)ncc1[N+](=O)[O-]. The first-order valence-corrected chi connectivity index (χ1v) is 10.9. The smallest absolute Gasteiger partial charge is 0.329 e. The quantitative estimate of drug-likeness (QED) is 0.115. The van der Waals surface area contributed by atoms with Crippen molar-refractivity contribution >= 4 is 45.7 Å². The van der Waals surface area contributed by atoms with Gasteiger partial charge < -0.3 is 26.0 Å². The van der Waals surface area contributed by atoms with Gasteiger partial charge in [-0.05, 0) is 36.7 Å². The van der Waals surface area contributed by atoms with Gasteiger partial charge in [-0.25, -0.2) is 9.97 Å². The molecule has 0 unspecified atom stereocenters. The van der Waals surface area contributed by atoms with Crippen LogP contribution in [0.1, 0.15) is 24.2 Å². The molecule has 0 aliphatic rings. The lowest BCUT2D eigenvalue weighted by Gasteiger charge is -2.10. The number of hydrogen-bond acceptors (Lipinski definition) is 7. The number of fused-ring (bicyclic) bond motifs is 1. The fourth-order valence-corrected chi connectivity index (χ4v) is 3.43. The number of aromatic amines is 1. The second-order valence-electron chi connectivity index (χ2n) is 7.24. The number of thiocarbonyl (C=S) groups is 1. The molecule has 0 atom stereocenters. The van der Waals surface area contributed by atoms with E-state index in [9.17, 15) is 14.9 Å². The number of aryl methyl sites for hydroxylation is 2. The summed E-state index contributed by atoms with van der Waals surface area (Å²) in [4.78, 5) is 33.1. The van der Waals surface area contributed by atoms with Gasteiger partial charge >= 0.3 is 11.7 Å². The summed E-state index contributed by atoms with van der Waals surface area (Å²) in [7, 11) is 0. The fourth-order valence-electron chi connectivity index (χ4n) is 3.22. The van der Waals surface area contributed by atoms with Gasteiger partial charge in [-0.3, -0.25) is 14.9 Å². The highest BCUT2D eigenvalue weighted by Gasteiger charge is 2.17. The Morgan fingerprint density at radius 1 is 1.18 bits per heavy atom. The molecule has 0 amide bonds. The number of benzene rings is 1. The number of H-pyrrole nitrogens is 1. The number of carbonyl (C=O) groups is 1. The minimum absolute atomic E-state index is 0.0244. The Kier molecular flexibility index (Phi) is 8.47. The maximum Gasteiger partial charge on any atom is 0.329 e. The average Bonchev–Trinajstić information content (AvgIpc) is 3.20. The summed E-state index contributed by atoms with van der Waals surface area (Å²) in [6.07, 6.45) is 5.04. The molecule has 174 valence electrons. The van der Waals surface area contributed by atoms with Crippen molar-refractivity contribution in [1.29, 1.82) is 0 Å². The lowest BCUT2D eigenvalue weighted by molar-refractivity contribution is -0.384. The van der Waals surface area contributed by atoms with Crippen LogP contribution >= 0.6 is 12.2 Å². The summed E-state index contributed by atoms with van der Waals surface area (Å²) in [5.41, 5.74) is 2.02. The van der Waals surface area contributed by atoms with Crippen molar-refractivity contribution < 1.29 is 14.8 Å². The van der Waals surface area contributed by atoms with Crippen LogP contribution in [0.4, 0.5) is 11.5 Å². The molecule has 0 fully saturated rings. The number of anilines is 1. The Balaban J connectivity index is 1.51. The molecular weight excluding hydrogens is 446 g/mol. The van der Waals surface area contributed by atoms with Crippen LogP contribution in [0.25, 0.3) is 10.9 Å². The Morgan fingerprint density at radius 2 is 1.97 bits per heavy atom. The maximum absolute atomic E-state index is 11.4. The van der Waals surface area contributed by atoms with Gasteiger partial charge in [-0.15, -0.1) is 0 Å². The monoisotopic (exact) mass is 471 g/mol. The molecule has 0 bridgehead atoms. The molecule has 0 spiro atoms. The van der Waals surface area contributed by atoms with Crippen LogP contribution in [-0.4, -0.2) is 55.7 Å². The predicted octanol–water partition coefficient (Wildman–Crippen LogP) is 2.39. The molecule has 11 nitrogen and oxygen atoms in total. The largest absolute Gasteiger partial charge is 0.481 e. The van der Waals surface area contributed by atoms with E-state index in [4.69, 9.17) is 17.3 Å². The van der Waals surface area contributed by atoms with Crippen LogP contribution < -0.4 is 16.0 Å². The van der Waals surface area contributed by atoms with E-state index in [2.05, 4.69) is 30.9 Å². The zero-order valence-electron chi connectivity index (χ0n) is 17.8. The molecule has 0 aliphatic heterocycles. The van der Waals surface area contributed by atoms with Crippen LogP contribution in [-0.2, 0) is 17.6 Å². The minimum atomic E-state index is -0.901. The summed E-state index contributed by atoms with van der Waals surface area (Å²) in [5, 5.41) is 30.2. The van der Waals surface area contributed by atoms with Gasteiger partial charge in [0, 0.05) is 43.2 Å². The summed E-state index contributed by atoms with van der Waals surface area (Å²) in [6.45, 7) is 1.19. The highest BCUT2D eigenvalue weighted by atomic mass is 32.1. The van der Waals surface area contributed by atoms with E-state index in [1.807, 2.05) is 30.5 Å². The third kappa shape index (κ3) is 7.10. The Hall–Kier alpha value is -3.80. The summed E-state index contributed by atoms with van der Waals surface area (Å²) < 4.78 is 0. The minimum Gasteiger partial charge on any atom is -0.481 e. The van der Waals surface area contributed by atoms with Crippen LogP contribution in [0.3, 0.4) is 0 Å². The molecule has 3 aromatic rings. The molecule has 0 saturated carbocycles. The maximum atomic E-state index is 11.4. The van der Waals surface area contributed by atoms with Gasteiger partial charge in [0.1, 0.15) is 12.0 Å². The molecule has 2 heterocycles. The van der Waals surface area contributed by atoms with E-state index in [1.165, 1.54) is 6.20 Å². The molecular formula is C21H25N7O4S. The number of nitrogens with one attached hydrogen (secondary N) is 4. The number of carboxylic acids is 1. The number of carboxylic acid groups (broad SMARTS) is 1. The molecule has 12 heteroatoms. The number of nitro groups is 1. The van der Waals surface area contributed by atoms with E-state index in [0.29, 0.717) is 43.3 Å². The van der Waals surface area contributed by atoms with Crippen molar-refractivity contribution in [2.75, 3.05) is 25.0 Å². The van der Waals surface area contributed by atoms with E-state index in [1.54, 1.807) is 0 Å². The molecule has 5 N–H and O–H groups in total. The second-order valence-corrected chi connectivity index (χ2v) is 7.65. The number of aliphatic carboxylic acids is 1. The zero-order valence-corrected chi connectivity index (χ0v) is 18.7. The topological polar surface area (TPSA) is 158 Å². The molecule has 0 aliphatic carbocycles. The molecule has 1 aromatic carbocycles. The van der Waals surface area contributed by atoms with Gasteiger partial charge in [-0.2, -0.15) is 0 Å². The van der Waals surface area contributed by atoms with Gasteiger partial charge in [0.05, 0.1) is 11.3 Å². The summed E-state index contributed by atoms with van der Waals surface area (Å²) in [6, 6.07) is 8.01. The first kappa shape index (κ1) is 23.9. The third-order valence-electron chi connectivity index (χ3n) is 4.86. The van der Waals surface area contributed by atoms with Crippen LogP contribution in [0.2, 0.25) is 0 Å². The fraction of sp³-hybridized carbons (Fsp3) is 0.333. The van der Waals surface area contributed by atoms with Crippen molar-refractivity contribution in [1.82, 2.24) is 25.6 Å². The average molecular weight is 472 g/mol. The highest BCUT2D eigenvalue weighted by molar-refractivity contribution is 7.80. The van der Waals surface area contributed by atoms with Crippen LogP contribution in [0.5, 0.6) is 0 Å². The van der Waals surface area contributed by atoms with E-state index in [0.717, 1.165) is 16.5 Å². The van der Waals surface area contributed by atoms with Crippen molar-refractivity contribution in [3.63, 3.8) is 0 Å². The second kappa shape index (κ2) is 11.7. The molecule has 3 rings (SSSR count). The third-order valence-corrected chi connectivity index (χ3v) is 5.15. The molecule has 0 saturated heterocycles. The van der Waals surface area contributed by atoms with Gasteiger partial charge in [0.25, 0.3) is 0 Å². The first-order valence-electron chi connectivity index (χ1n) is 10.5. The Labute approximate surface area is 195 Å². The molecule has 0 radical (unpaired) electrons. The van der Waals surface area contributed by atoms with Crippen molar-refractivity contribution in [2.45, 2.75) is 25.7 Å². The van der Waals surface area contributed by atoms with Crippen molar-refractivity contribution in [2.24, 2.45) is 0 Å². The van der Waals surface area contributed by atoms with Gasteiger partial charge in [-0.1, -0.05) is 18.2 Å². The van der Waals surface area contributed by atoms with Gasteiger partial charge in [0.15, 0.2) is 5.11 Å². The number of aromatic nitrogens is 3. The van der Waals surface area contributed by atoms with E-state index >= 15 is 0 Å². The van der Waals surface area contributed by atoms with Crippen molar-refractivity contribution in [3.05, 3.63) is 58.2 Å². The Morgan fingerprint density at radius 3 is 2.76 bits per heavy atom. The lowest BCUT2D eigenvalue weighted by Crippen LogP contribution is -2.37. The van der Waals surface area contributed by atoms with Crippen LogP contribution in [0, 0.1) is 10.1 Å². The molecule has 33 heavy (non-hydrogen) atoms. The summed E-state index contributed by atoms with van der Waals surface area (Å²) >= 11 is 5.07. The lowest BCUT2D eigenvalue weighted by atomic mass is 10.1. The standard InChI is InChI=1S/C21H25N7O4S/c29-19(30)8-11-24-21(33)23-10-3-9-22-20-17(28(31)32)13-26-18(27-20)7-6-14-12-25-16-5-2-1-4-15(14)16/h1-2,4-5,12-13,25H,3,6-11H2,(H,29,30)(H,22,26,27)(H2,23,24,33). The number of nitrogens with zero attached hydrogens (tertiary/aromatic N) is 3. The van der Waals surface area contributed by atoms with Crippen molar-refractivity contribution in [3.8, 4) is 0 Å². The summed E-state index contributed by atoms with van der Waals surface area (Å²) in [5.74, 6) is -0.192. The van der Waals surface area contributed by atoms with E-state index < -0.39 is 10.9 Å². The number of rotatable bonds is 12.